The number of carbonyl (C=O) groups is 3. The maximum Gasteiger partial charge on any atom is 0.312 e. The van der Waals surface area contributed by atoms with Crippen molar-refractivity contribution in [1.82, 2.24) is 10.6 Å². The number of primary amides is 1. The Morgan fingerprint density at radius 1 is 1.00 bits per heavy atom. The molecule has 0 heterocycles. The molecule has 26 heavy (non-hydrogen) atoms. The summed E-state index contributed by atoms with van der Waals surface area (Å²) in [6, 6.07) is 13.3. The summed E-state index contributed by atoms with van der Waals surface area (Å²) in [5, 5.41) is 5.19. The molecule has 6 nitrogen and oxygen atoms in total. The first kappa shape index (κ1) is 19.2. The second-order valence-electron chi connectivity index (χ2n) is 6.19. The molecule has 0 aliphatic heterocycles. The highest BCUT2D eigenvalue weighted by molar-refractivity contribution is 5.99. The second kappa shape index (κ2) is 8.80. The summed E-state index contributed by atoms with van der Waals surface area (Å²) in [4.78, 5) is 35.7. The van der Waals surface area contributed by atoms with Crippen molar-refractivity contribution in [3.63, 3.8) is 0 Å². The van der Waals surface area contributed by atoms with Crippen LogP contribution in [0.25, 0.3) is 0 Å². The first-order valence-electron chi connectivity index (χ1n) is 8.35. The number of benzene rings is 2. The quantitative estimate of drug-likeness (QED) is 0.666. The van der Waals surface area contributed by atoms with E-state index in [1.807, 2.05) is 50.2 Å². The molecule has 6 heteroatoms. The van der Waals surface area contributed by atoms with Gasteiger partial charge in [-0.2, -0.15) is 0 Å². The van der Waals surface area contributed by atoms with E-state index in [0.29, 0.717) is 5.56 Å². The number of carbonyl (C=O) groups excluding carboxylic acids is 3. The zero-order valence-corrected chi connectivity index (χ0v) is 14.9. The summed E-state index contributed by atoms with van der Waals surface area (Å²) >= 11 is 0. The van der Waals surface area contributed by atoms with Gasteiger partial charge >= 0.3 is 6.03 Å². The van der Waals surface area contributed by atoms with E-state index in [4.69, 9.17) is 5.73 Å². The van der Waals surface area contributed by atoms with Crippen molar-refractivity contribution < 1.29 is 14.4 Å². The van der Waals surface area contributed by atoms with E-state index in [-0.39, 0.29) is 24.7 Å². The van der Waals surface area contributed by atoms with Crippen LogP contribution >= 0.6 is 0 Å². The Labute approximate surface area is 152 Å². The third-order valence-electron chi connectivity index (χ3n) is 4.09. The molecule has 2 aromatic carbocycles. The Kier molecular flexibility index (Phi) is 6.49. The van der Waals surface area contributed by atoms with E-state index in [9.17, 15) is 14.4 Å². The smallest absolute Gasteiger partial charge is 0.312 e. The van der Waals surface area contributed by atoms with Crippen molar-refractivity contribution in [2.24, 2.45) is 5.73 Å². The van der Waals surface area contributed by atoms with E-state index in [1.165, 1.54) is 0 Å². The van der Waals surface area contributed by atoms with Crippen molar-refractivity contribution in [3.8, 4) is 0 Å². The second-order valence-corrected chi connectivity index (χ2v) is 6.19. The molecule has 0 spiro atoms. The molecule has 1 unspecified atom stereocenters. The average molecular weight is 353 g/mol. The number of amides is 3. The zero-order valence-electron chi connectivity index (χ0n) is 14.9. The number of rotatable bonds is 7. The molecule has 136 valence electrons. The lowest BCUT2D eigenvalue weighted by molar-refractivity contribution is -0.121. The van der Waals surface area contributed by atoms with Gasteiger partial charge in [0.1, 0.15) is 0 Å². The van der Waals surface area contributed by atoms with Gasteiger partial charge in [-0.05, 0) is 25.0 Å². The van der Waals surface area contributed by atoms with Gasteiger partial charge in [0.25, 0.3) is 0 Å². The van der Waals surface area contributed by atoms with E-state index in [1.54, 1.807) is 12.1 Å². The molecular formula is C20H23N3O3. The summed E-state index contributed by atoms with van der Waals surface area (Å²) in [6.07, 6.45) is -0.00499. The molecule has 0 aromatic heterocycles. The first-order chi connectivity index (χ1) is 12.4. The lowest BCUT2D eigenvalue weighted by Crippen LogP contribution is -2.38. The van der Waals surface area contributed by atoms with Gasteiger partial charge in [0.15, 0.2) is 5.78 Å². The summed E-state index contributed by atoms with van der Waals surface area (Å²) in [7, 11) is 0. The van der Waals surface area contributed by atoms with Crippen LogP contribution < -0.4 is 16.4 Å². The standard InChI is InChI=1S/C20H23N3O3/c1-13-7-9-15(10-8-13)18(24)12-22-19(25)11-17(23-20(21)26)16-6-4-3-5-14(16)2/h3-10,17H,11-12H2,1-2H3,(H,22,25)(H3,21,23,26). The van der Waals surface area contributed by atoms with Crippen LogP contribution in [0.4, 0.5) is 4.79 Å². The van der Waals surface area contributed by atoms with Crippen LogP contribution in [0.3, 0.4) is 0 Å². The van der Waals surface area contributed by atoms with Crippen LogP contribution in [0.5, 0.6) is 0 Å². The van der Waals surface area contributed by atoms with Crippen LogP contribution in [0.1, 0.15) is 39.5 Å². The number of urea groups is 1. The lowest BCUT2D eigenvalue weighted by atomic mass is 9.98. The maximum absolute atomic E-state index is 12.3. The number of ketones is 1. The van der Waals surface area contributed by atoms with E-state index < -0.39 is 12.1 Å². The molecule has 1 atom stereocenters. The Bertz CT molecular complexity index is 800. The minimum atomic E-state index is -0.707. The van der Waals surface area contributed by atoms with Crippen molar-refractivity contribution >= 4 is 17.7 Å². The van der Waals surface area contributed by atoms with Crippen LogP contribution in [-0.2, 0) is 4.79 Å². The van der Waals surface area contributed by atoms with Crippen molar-refractivity contribution in [1.29, 1.82) is 0 Å². The van der Waals surface area contributed by atoms with Gasteiger partial charge < -0.3 is 16.4 Å². The molecule has 0 fully saturated rings. The van der Waals surface area contributed by atoms with Gasteiger partial charge in [0.2, 0.25) is 5.91 Å². The van der Waals surface area contributed by atoms with E-state index >= 15 is 0 Å². The molecule has 0 aliphatic carbocycles. The molecule has 3 amide bonds. The topological polar surface area (TPSA) is 101 Å². The van der Waals surface area contributed by atoms with Crippen LogP contribution in [0.15, 0.2) is 48.5 Å². The fraction of sp³-hybridized carbons (Fsp3) is 0.250. The van der Waals surface area contributed by atoms with Crippen molar-refractivity contribution in [3.05, 3.63) is 70.8 Å². The maximum atomic E-state index is 12.3. The average Bonchev–Trinajstić information content (AvgIpc) is 2.60. The summed E-state index contributed by atoms with van der Waals surface area (Å²) in [6.45, 7) is 3.73. The Morgan fingerprint density at radius 2 is 1.65 bits per heavy atom. The largest absolute Gasteiger partial charge is 0.352 e. The molecule has 0 radical (unpaired) electrons. The van der Waals surface area contributed by atoms with Crippen molar-refractivity contribution in [2.45, 2.75) is 26.3 Å². The van der Waals surface area contributed by atoms with Crippen molar-refractivity contribution in [2.75, 3.05) is 6.54 Å². The third kappa shape index (κ3) is 5.44. The molecule has 2 aromatic rings. The fourth-order valence-electron chi connectivity index (χ4n) is 2.67. The molecule has 0 bridgehead atoms. The van der Waals surface area contributed by atoms with Gasteiger partial charge in [-0.15, -0.1) is 0 Å². The number of nitrogens with two attached hydrogens (primary N) is 1. The summed E-state index contributed by atoms with van der Waals surface area (Å²) in [5.74, 6) is -0.513. The number of aryl methyl sites for hydroxylation is 2. The number of Topliss-reactive ketones (excluding diaryl/α,β-unsaturated/α-hetero) is 1. The van der Waals surface area contributed by atoms with Crippen LogP contribution in [-0.4, -0.2) is 24.3 Å². The minimum Gasteiger partial charge on any atom is -0.352 e. The zero-order chi connectivity index (χ0) is 19.1. The van der Waals surface area contributed by atoms with Crippen LogP contribution in [0, 0.1) is 13.8 Å². The molecular weight excluding hydrogens is 330 g/mol. The van der Waals surface area contributed by atoms with Gasteiger partial charge in [0, 0.05) is 5.56 Å². The van der Waals surface area contributed by atoms with Gasteiger partial charge in [-0.1, -0.05) is 54.1 Å². The third-order valence-corrected chi connectivity index (χ3v) is 4.09. The van der Waals surface area contributed by atoms with Gasteiger partial charge in [-0.3, -0.25) is 9.59 Å². The lowest BCUT2D eigenvalue weighted by Gasteiger charge is -2.19. The molecule has 4 N–H and O–H groups in total. The van der Waals surface area contributed by atoms with Gasteiger partial charge in [0.05, 0.1) is 19.0 Å². The molecule has 0 aliphatic rings. The predicted octanol–water partition coefficient (Wildman–Crippen LogP) is 2.40. The SMILES string of the molecule is Cc1ccc(C(=O)CNC(=O)CC(NC(N)=O)c2ccccc2C)cc1. The Balaban J connectivity index is 1.98. The molecule has 0 saturated carbocycles. The highest BCUT2D eigenvalue weighted by atomic mass is 16.2. The summed E-state index contributed by atoms with van der Waals surface area (Å²) in [5.41, 5.74) is 8.58. The van der Waals surface area contributed by atoms with Gasteiger partial charge in [-0.25, -0.2) is 4.79 Å². The molecule has 0 saturated heterocycles. The number of nitrogens with one attached hydrogen (secondary N) is 2. The van der Waals surface area contributed by atoms with E-state index in [2.05, 4.69) is 10.6 Å². The fourth-order valence-corrected chi connectivity index (χ4v) is 2.67. The molecule has 2 rings (SSSR count). The van der Waals surface area contributed by atoms with Crippen LogP contribution in [0.2, 0.25) is 0 Å². The highest BCUT2D eigenvalue weighted by Crippen LogP contribution is 2.20. The number of hydrogen-bond acceptors (Lipinski definition) is 3. The summed E-state index contributed by atoms with van der Waals surface area (Å²) < 4.78 is 0. The minimum absolute atomic E-state index is 0.00499. The normalized spacial score (nSPS) is 11.5. The predicted molar refractivity (Wildman–Crippen MR) is 99.8 cm³/mol. The van der Waals surface area contributed by atoms with E-state index in [0.717, 1.165) is 16.7 Å². The Hall–Kier alpha value is -3.15. The first-order valence-corrected chi connectivity index (χ1v) is 8.35. The Morgan fingerprint density at radius 3 is 2.27 bits per heavy atom. The monoisotopic (exact) mass is 353 g/mol. The number of hydrogen-bond donors (Lipinski definition) is 3. The highest BCUT2D eigenvalue weighted by Gasteiger charge is 2.19.